The topological polar surface area (TPSA) is 83.8 Å². The molecule has 0 spiro atoms. The molecule has 0 heterocycles. The summed E-state index contributed by atoms with van der Waals surface area (Å²) >= 11 is 0. The third kappa shape index (κ3) is 9.86. The lowest BCUT2D eigenvalue weighted by atomic mass is 10.0. The van der Waals surface area contributed by atoms with Gasteiger partial charge in [-0.15, -0.1) is 0 Å². The summed E-state index contributed by atoms with van der Waals surface area (Å²) in [7, 11) is -3.33. The highest BCUT2D eigenvalue weighted by Crippen LogP contribution is 2.23. The Morgan fingerprint density at radius 3 is 2.00 bits per heavy atom. The van der Waals surface area contributed by atoms with E-state index in [2.05, 4.69) is 32.7 Å². The fourth-order valence-electron chi connectivity index (χ4n) is 2.18. The molecule has 2 N–H and O–H groups in total. The number of carboxylic acids is 2. The zero-order chi connectivity index (χ0) is 15.3. The highest BCUT2D eigenvalue weighted by molar-refractivity contribution is 6.84. The van der Waals surface area contributed by atoms with Crippen LogP contribution in [-0.2, 0) is 13.7 Å². The van der Waals surface area contributed by atoms with Crippen molar-refractivity contribution in [3.63, 3.8) is 0 Å². The number of carboxylic acid groups (broad SMARTS) is 2. The van der Waals surface area contributed by atoms with Crippen molar-refractivity contribution in [3.8, 4) is 0 Å². The molecule has 0 aromatic carbocycles. The molecule has 112 valence electrons. The predicted molar refractivity (Wildman–Crippen MR) is 79.3 cm³/mol. The Hall–Kier alpha value is -0.666. The summed E-state index contributed by atoms with van der Waals surface area (Å²) in [6.45, 7) is 10.7. The molecule has 0 rings (SSSR count). The molecule has 0 aliphatic carbocycles. The lowest BCUT2D eigenvalue weighted by Gasteiger charge is -2.31. The molecular formula is C12H26O5Si2. The first kappa shape index (κ1) is 18.3. The van der Waals surface area contributed by atoms with E-state index in [1.165, 1.54) is 0 Å². The van der Waals surface area contributed by atoms with Gasteiger partial charge in [0.15, 0.2) is 16.6 Å². The van der Waals surface area contributed by atoms with Gasteiger partial charge < -0.3 is 14.3 Å². The quantitative estimate of drug-likeness (QED) is 0.640. The summed E-state index contributed by atoms with van der Waals surface area (Å²) in [5.74, 6) is -2.86. The molecule has 0 aliphatic rings. The Balaban J connectivity index is 4.25. The number of aliphatic carboxylic acids is 2. The monoisotopic (exact) mass is 306 g/mol. The molecule has 1 unspecified atom stereocenters. The second-order valence-electron chi connectivity index (χ2n) is 6.50. The summed E-state index contributed by atoms with van der Waals surface area (Å²) in [4.78, 5) is 21.5. The van der Waals surface area contributed by atoms with Gasteiger partial charge in [0.1, 0.15) is 0 Å². The first-order valence-corrected chi connectivity index (χ1v) is 13.1. The first-order valence-electron chi connectivity index (χ1n) is 6.58. The fourth-order valence-corrected chi connectivity index (χ4v) is 10.3. The average Bonchev–Trinajstić information content (AvgIpc) is 2.10. The summed E-state index contributed by atoms with van der Waals surface area (Å²) in [6.07, 6.45) is 0.827. The van der Waals surface area contributed by atoms with Gasteiger partial charge in [0.25, 0.3) is 0 Å². The minimum atomic E-state index is -1.76. The average molecular weight is 307 g/mol. The minimum Gasteiger partial charge on any atom is -0.481 e. The number of carbonyl (C=O) groups is 2. The molecule has 0 amide bonds. The molecule has 0 aromatic heterocycles. The van der Waals surface area contributed by atoms with Crippen LogP contribution in [0.25, 0.3) is 0 Å². The summed E-state index contributed by atoms with van der Waals surface area (Å²) < 4.78 is 6.16. The standard InChI is InChI=1S/C12H26O5Si2/c1-18(2,3)17-19(4,5)8-6-7-10(12(15)16)9-11(13)14/h10H,6-9H2,1-5H3,(H,13,14)(H,15,16). The summed E-state index contributed by atoms with van der Waals surface area (Å²) in [5.41, 5.74) is 0. The van der Waals surface area contributed by atoms with Gasteiger partial charge in [0.05, 0.1) is 12.3 Å². The van der Waals surface area contributed by atoms with E-state index in [4.69, 9.17) is 14.3 Å². The second-order valence-corrected chi connectivity index (χ2v) is 15.6. The van der Waals surface area contributed by atoms with Crippen LogP contribution in [0.2, 0.25) is 38.8 Å². The van der Waals surface area contributed by atoms with Gasteiger partial charge in [0.2, 0.25) is 0 Å². The minimum absolute atomic E-state index is 0.299. The molecule has 0 radical (unpaired) electrons. The van der Waals surface area contributed by atoms with Crippen molar-refractivity contribution in [2.24, 2.45) is 5.92 Å². The number of rotatable bonds is 9. The van der Waals surface area contributed by atoms with E-state index in [9.17, 15) is 9.59 Å². The Morgan fingerprint density at radius 1 is 1.11 bits per heavy atom. The normalized spacial score (nSPS) is 14.2. The maximum Gasteiger partial charge on any atom is 0.307 e. The van der Waals surface area contributed by atoms with Crippen molar-refractivity contribution in [2.45, 2.75) is 58.0 Å². The second kappa shape index (κ2) is 7.21. The van der Waals surface area contributed by atoms with Crippen LogP contribution in [0.1, 0.15) is 19.3 Å². The Labute approximate surface area is 117 Å². The van der Waals surface area contributed by atoms with E-state index < -0.39 is 34.5 Å². The van der Waals surface area contributed by atoms with Crippen LogP contribution in [0.5, 0.6) is 0 Å². The van der Waals surface area contributed by atoms with Crippen LogP contribution in [-0.4, -0.2) is 38.8 Å². The molecule has 0 aromatic rings. The highest BCUT2D eigenvalue weighted by atomic mass is 28.4. The molecule has 0 saturated carbocycles. The molecule has 7 heteroatoms. The van der Waals surface area contributed by atoms with Crippen molar-refractivity contribution in [1.29, 1.82) is 0 Å². The molecule has 5 nitrogen and oxygen atoms in total. The molecule has 1 atom stereocenters. The maximum absolute atomic E-state index is 10.9. The molecule has 19 heavy (non-hydrogen) atoms. The van der Waals surface area contributed by atoms with E-state index in [-0.39, 0.29) is 6.42 Å². The SMILES string of the molecule is C[Si](C)(C)O[Si](C)(C)CCCC(CC(=O)O)C(=O)O. The van der Waals surface area contributed by atoms with Gasteiger partial charge in [-0.3, -0.25) is 9.59 Å². The van der Waals surface area contributed by atoms with Gasteiger partial charge in [-0.1, -0.05) is 6.42 Å². The maximum atomic E-state index is 10.9. The molecule has 0 aliphatic heterocycles. The molecule has 0 bridgehead atoms. The van der Waals surface area contributed by atoms with Crippen molar-refractivity contribution in [3.05, 3.63) is 0 Å². The van der Waals surface area contributed by atoms with Crippen LogP contribution >= 0.6 is 0 Å². The van der Waals surface area contributed by atoms with Crippen LogP contribution < -0.4 is 0 Å². The van der Waals surface area contributed by atoms with Gasteiger partial charge in [-0.2, -0.15) is 0 Å². The third-order valence-electron chi connectivity index (χ3n) is 2.68. The van der Waals surface area contributed by atoms with Crippen molar-refractivity contribution in [1.82, 2.24) is 0 Å². The molecular weight excluding hydrogens is 280 g/mol. The predicted octanol–water partition coefficient (Wildman–Crippen LogP) is 3.00. The van der Waals surface area contributed by atoms with Crippen molar-refractivity contribution in [2.75, 3.05) is 0 Å². The van der Waals surface area contributed by atoms with Crippen LogP contribution in [0.3, 0.4) is 0 Å². The Kier molecular flexibility index (Phi) is 6.95. The molecule has 0 saturated heterocycles. The van der Waals surface area contributed by atoms with E-state index in [1.807, 2.05) is 0 Å². The fraction of sp³-hybridized carbons (Fsp3) is 0.833. The van der Waals surface area contributed by atoms with Gasteiger partial charge in [0, 0.05) is 0 Å². The number of hydrogen-bond donors (Lipinski definition) is 2. The summed E-state index contributed by atoms with van der Waals surface area (Å²) in [6, 6.07) is 0.876. The van der Waals surface area contributed by atoms with Crippen LogP contribution in [0.4, 0.5) is 0 Å². The largest absolute Gasteiger partial charge is 0.481 e. The zero-order valence-electron chi connectivity index (χ0n) is 12.5. The van der Waals surface area contributed by atoms with Crippen LogP contribution in [0.15, 0.2) is 0 Å². The van der Waals surface area contributed by atoms with Crippen molar-refractivity contribution >= 4 is 28.6 Å². The Morgan fingerprint density at radius 2 is 1.63 bits per heavy atom. The van der Waals surface area contributed by atoms with E-state index in [0.29, 0.717) is 12.8 Å². The lowest BCUT2D eigenvalue weighted by molar-refractivity contribution is -0.148. The smallest absolute Gasteiger partial charge is 0.307 e. The van der Waals surface area contributed by atoms with E-state index >= 15 is 0 Å². The van der Waals surface area contributed by atoms with Gasteiger partial charge in [-0.05, 0) is 45.2 Å². The molecule has 0 fully saturated rings. The van der Waals surface area contributed by atoms with Gasteiger partial charge in [-0.25, -0.2) is 0 Å². The first-order chi connectivity index (χ1) is 8.43. The number of hydrogen-bond acceptors (Lipinski definition) is 3. The van der Waals surface area contributed by atoms with E-state index in [0.717, 1.165) is 6.04 Å². The van der Waals surface area contributed by atoms with Crippen molar-refractivity contribution < 1.29 is 23.9 Å². The van der Waals surface area contributed by atoms with E-state index in [1.54, 1.807) is 0 Å². The van der Waals surface area contributed by atoms with Crippen LogP contribution in [0, 0.1) is 5.92 Å². The zero-order valence-corrected chi connectivity index (χ0v) is 14.5. The lowest BCUT2D eigenvalue weighted by Crippen LogP contribution is -2.42. The summed E-state index contributed by atoms with van der Waals surface area (Å²) in [5, 5.41) is 17.6. The third-order valence-corrected chi connectivity index (χ3v) is 8.90. The Bertz CT molecular complexity index is 323. The highest BCUT2D eigenvalue weighted by Gasteiger charge is 2.30. The van der Waals surface area contributed by atoms with Gasteiger partial charge >= 0.3 is 11.9 Å².